The molecule has 1 aromatic rings. The van der Waals surface area contributed by atoms with Gasteiger partial charge in [0.15, 0.2) is 0 Å². The third kappa shape index (κ3) is 4.44. The largest absolute Gasteiger partial charge is 0.310 e. The number of hydrogen-bond acceptors (Lipinski definition) is 1. The van der Waals surface area contributed by atoms with Gasteiger partial charge in [-0.05, 0) is 49.4 Å². The Labute approximate surface area is 113 Å². The Kier molecular flexibility index (Phi) is 5.05. The summed E-state index contributed by atoms with van der Waals surface area (Å²) < 4.78 is 1.17. The molecule has 0 radical (unpaired) electrons. The maximum Gasteiger partial charge on any atom is 0.0318 e. The van der Waals surface area contributed by atoms with Gasteiger partial charge >= 0.3 is 0 Å². The van der Waals surface area contributed by atoms with Gasteiger partial charge in [-0.1, -0.05) is 47.8 Å². The van der Waals surface area contributed by atoms with Crippen molar-refractivity contribution in [1.29, 1.82) is 0 Å². The molecule has 0 aromatic heterocycles. The molecular weight excluding hydrogens is 274 g/mol. The SMILES string of the molecule is CCC(NCCCC1CC1)c1cccc(Br)c1. The summed E-state index contributed by atoms with van der Waals surface area (Å²) in [4.78, 5) is 0. The van der Waals surface area contributed by atoms with Crippen LogP contribution < -0.4 is 5.32 Å². The molecule has 0 aliphatic heterocycles. The van der Waals surface area contributed by atoms with Crippen LogP contribution in [0, 0.1) is 5.92 Å². The minimum Gasteiger partial charge on any atom is -0.310 e. The molecule has 1 atom stereocenters. The van der Waals surface area contributed by atoms with Crippen molar-refractivity contribution in [2.75, 3.05) is 6.54 Å². The molecule has 0 saturated heterocycles. The second-order valence-corrected chi connectivity index (χ2v) is 5.97. The van der Waals surface area contributed by atoms with E-state index in [4.69, 9.17) is 0 Å². The Morgan fingerprint density at radius 3 is 2.88 bits per heavy atom. The summed E-state index contributed by atoms with van der Waals surface area (Å²) in [6.45, 7) is 3.40. The van der Waals surface area contributed by atoms with Gasteiger partial charge in [-0.25, -0.2) is 0 Å². The van der Waals surface area contributed by atoms with E-state index in [1.54, 1.807) is 0 Å². The number of rotatable bonds is 7. The molecule has 1 aliphatic carbocycles. The van der Waals surface area contributed by atoms with Gasteiger partial charge in [0.25, 0.3) is 0 Å². The van der Waals surface area contributed by atoms with Crippen LogP contribution in [0.4, 0.5) is 0 Å². The van der Waals surface area contributed by atoms with Crippen LogP contribution in [-0.4, -0.2) is 6.54 Å². The molecule has 1 saturated carbocycles. The van der Waals surface area contributed by atoms with Crippen molar-refractivity contribution in [2.24, 2.45) is 5.92 Å². The van der Waals surface area contributed by atoms with Crippen molar-refractivity contribution >= 4 is 15.9 Å². The summed E-state index contributed by atoms with van der Waals surface area (Å²) in [5.41, 5.74) is 1.40. The van der Waals surface area contributed by atoms with Crippen LogP contribution in [0.15, 0.2) is 28.7 Å². The van der Waals surface area contributed by atoms with Gasteiger partial charge in [-0.2, -0.15) is 0 Å². The lowest BCUT2D eigenvalue weighted by molar-refractivity contribution is 0.495. The van der Waals surface area contributed by atoms with E-state index in [2.05, 4.69) is 52.4 Å². The Balaban J connectivity index is 1.78. The molecule has 94 valence electrons. The topological polar surface area (TPSA) is 12.0 Å². The molecule has 1 N–H and O–H groups in total. The standard InChI is InChI=1S/C15H22BrN/c1-2-15(13-6-3-7-14(16)11-13)17-10-4-5-12-8-9-12/h3,6-7,11-12,15,17H,2,4-5,8-10H2,1H3. The van der Waals surface area contributed by atoms with Crippen LogP contribution in [0.3, 0.4) is 0 Å². The first-order valence-corrected chi connectivity index (χ1v) is 7.57. The Hall–Kier alpha value is -0.340. The molecule has 1 aliphatic rings. The van der Waals surface area contributed by atoms with E-state index in [0.29, 0.717) is 6.04 Å². The van der Waals surface area contributed by atoms with Gasteiger partial charge in [0, 0.05) is 10.5 Å². The average Bonchev–Trinajstić information content (AvgIpc) is 3.13. The summed E-state index contributed by atoms with van der Waals surface area (Å²) in [7, 11) is 0. The fourth-order valence-corrected chi connectivity index (χ4v) is 2.71. The molecule has 0 spiro atoms. The zero-order valence-corrected chi connectivity index (χ0v) is 12.2. The highest BCUT2D eigenvalue weighted by Crippen LogP contribution is 2.33. The molecule has 1 aromatic carbocycles. The number of nitrogens with one attached hydrogen (secondary N) is 1. The molecule has 1 nitrogen and oxygen atoms in total. The zero-order valence-electron chi connectivity index (χ0n) is 10.6. The van der Waals surface area contributed by atoms with Crippen molar-refractivity contribution in [3.05, 3.63) is 34.3 Å². The van der Waals surface area contributed by atoms with E-state index in [1.165, 1.54) is 35.7 Å². The molecule has 1 unspecified atom stereocenters. The molecule has 0 amide bonds. The Bertz CT molecular complexity index is 347. The summed E-state index contributed by atoms with van der Waals surface area (Å²) in [6, 6.07) is 9.15. The highest BCUT2D eigenvalue weighted by atomic mass is 79.9. The van der Waals surface area contributed by atoms with Crippen LogP contribution in [-0.2, 0) is 0 Å². The fraction of sp³-hybridized carbons (Fsp3) is 0.600. The molecule has 2 heteroatoms. The second kappa shape index (κ2) is 6.55. The summed E-state index contributed by atoms with van der Waals surface area (Å²) in [5, 5.41) is 3.68. The van der Waals surface area contributed by atoms with Crippen molar-refractivity contribution < 1.29 is 0 Å². The third-order valence-electron chi connectivity index (χ3n) is 3.54. The molecule has 2 rings (SSSR count). The predicted octanol–water partition coefficient (Wildman–Crippen LogP) is 4.68. The summed E-state index contributed by atoms with van der Waals surface area (Å²) >= 11 is 3.54. The Morgan fingerprint density at radius 1 is 1.41 bits per heavy atom. The lowest BCUT2D eigenvalue weighted by Gasteiger charge is -2.17. The normalized spacial score (nSPS) is 17.1. The van der Waals surface area contributed by atoms with Crippen LogP contribution in [0.25, 0.3) is 0 Å². The second-order valence-electron chi connectivity index (χ2n) is 5.06. The van der Waals surface area contributed by atoms with E-state index in [0.717, 1.165) is 18.9 Å². The smallest absolute Gasteiger partial charge is 0.0318 e. The third-order valence-corrected chi connectivity index (χ3v) is 4.03. The minimum absolute atomic E-state index is 0.506. The van der Waals surface area contributed by atoms with Gasteiger partial charge in [-0.15, -0.1) is 0 Å². The maximum absolute atomic E-state index is 3.68. The van der Waals surface area contributed by atoms with Crippen molar-refractivity contribution in [3.63, 3.8) is 0 Å². The molecule has 17 heavy (non-hydrogen) atoms. The predicted molar refractivity (Wildman–Crippen MR) is 77.1 cm³/mol. The summed E-state index contributed by atoms with van der Waals surface area (Å²) in [5.74, 6) is 1.06. The van der Waals surface area contributed by atoms with E-state index in [1.807, 2.05) is 0 Å². The number of benzene rings is 1. The van der Waals surface area contributed by atoms with E-state index >= 15 is 0 Å². The first kappa shape index (κ1) is 13.1. The Morgan fingerprint density at radius 2 is 2.24 bits per heavy atom. The average molecular weight is 296 g/mol. The maximum atomic E-state index is 3.68. The number of halogens is 1. The minimum atomic E-state index is 0.506. The lowest BCUT2D eigenvalue weighted by Crippen LogP contribution is -2.22. The molecule has 0 heterocycles. The van der Waals surface area contributed by atoms with Crippen LogP contribution >= 0.6 is 15.9 Å². The van der Waals surface area contributed by atoms with E-state index in [9.17, 15) is 0 Å². The molecule has 1 fully saturated rings. The van der Waals surface area contributed by atoms with Gasteiger partial charge in [0.1, 0.15) is 0 Å². The molecular formula is C15H22BrN. The van der Waals surface area contributed by atoms with Crippen molar-refractivity contribution in [3.8, 4) is 0 Å². The van der Waals surface area contributed by atoms with Crippen LogP contribution in [0.5, 0.6) is 0 Å². The first-order chi connectivity index (χ1) is 8.29. The summed E-state index contributed by atoms with van der Waals surface area (Å²) in [6.07, 6.45) is 6.85. The fourth-order valence-electron chi connectivity index (χ4n) is 2.29. The lowest BCUT2D eigenvalue weighted by atomic mass is 10.0. The van der Waals surface area contributed by atoms with E-state index < -0.39 is 0 Å². The zero-order chi connectivity index (χ0) is 12.1. The van der Waals surface area contributed by atoms with E-state index in [-0.39, 0.29) is 0 Å². The monoisotopic (exact) mass is 295 g/mol. The highest BCUT2D eigenvalue weighted by molar-refractivity contribution is 9.10. The van der Waals surface area contributed by atoms with Gasteiger partial charge in [-0.3, -0.25) is 0 Å². The number of hydrogen-bond donors (Lipinski definition) is 1. The highest BCUT2D eigenvalue weighted by Gasteiger charge is 2.20. The van der Waals surface area contributed by atoms with Crippen molar-refractivity contribution in [2.45, 2.75) is 45.1 Å². The van der Waals surface area contributed by atoms with Gasteiger partial charge in [0.2, 0.25) is 0 Å². The van der Waals surface area contributed by atoms with Gasteiger partial charge in [0.05, 0.1) is 0 Å². The molecule has 0 bridgehead atoms. The van der Waals surface area contributed by atoms with Crippen LogP contribution in [0.1, 0.15) is 50.6 Å². The first-order valence-electron chi connectivity index (χ1n) is 6.78. The quantitative estimate of drug-likeness (QED) is 0.720. The van der Waals surface area contributed by atoms with Crippen molar-refractivity contribution in [1.82, 2.24) is 5.32 Å². The van der Waals surface area contributed by atoms with Gasteiger partial charge < -0.3 is 5.32 Å². The van der Waals surface area contributed by atoms with Crippen LogP contribution in [0.2, 0.25) is 0 Å².